The van der Waals surface area contributed by atoms with Crippen LogP contribution in [0.2, 0.25) is 5.28 Å². The van der Waals surface area contributed by atoms with Gasteiger partial charge in [0.2, 0.25) is 5.28 Å². The second kappa shape index (κ2) is 7.09. The van der Waals surface area contributed by atoms with E-state index in [1.165, 1.54) is 16.4 Å². The van der Waals surface area contributed by atoms with E-state index in [9.17, 15) is 0 Å². The van der Waals surface area contributed by atoms with Crippen molar-refractivity contribution >= 4 is 50.5 Å². The lowest BCUT2D eigenvalue weighted by Gasteiger charge is -2.06. The Bertz CT molecular complexity index is 800. The molecule has 3 aromatic rings. The predicted molar refractivity (Wildman–Crippen MR) is 98.6 cm³/mol. The van der Waals surface area contributed by atoms with E-state index in [2.05, 4.69) is 33.5 Å². The Morgan fingerprint density at radius 2 is 2.22 bits per heavy atom. The molecule has 0 unspecified atom stereocenters. The molecule has 0 saturated heterocycles. The van der Waals surface area contributed by atoms with Crippen molar-refractivity contribution in [2.45, 2.75) is 39.3 Å². The van der Waals surface area contributed by atoms with Crippen LogP contribution in [0.15, 0.2) is 12.3 Å². The molecular weight excluding hydrogens is 350 g/mol. The second-order valence-electron chi connectivity index (χ2n) is 5.37. The minimum absolute atomic E-state index is 0.166. The van der Waals surface area contributed by atoms with Crippen molar-refractivity contribution in [3.63, 3.8) is 0 Å². The topological polar surface area (TPSA) is 76.7 Å². The van der Waals surface area contributed by atoms with Crippen LogP contribution >= 0.6 is 34.5 Å². The lowest BCUT2D eigenvalue weighted by molar-refractivity contribution is 0.650. The normalized spacial score (nSPS) is 12.7. The molecule has 3 aromatic heterocycles. The number of rotatable bonds is 6. The molecule has 5 nitrogen and oxygen atoms in total. The number of thiophene rings is 1. The van der Waals surface area contributed by atoms with Crippen molar-refractivity contribution in [2.75, 3.05) is 5.32 Å². The molecule has 0 bridgehead atoms. The SMILES string of the molecule is CC[C@H](N)Cc1sc2c(NCc3ccns3)nc(Cl)nc2c1C. The van der Waals surface area contributed by atoms with Crippen LogP contribution in [-0.4, -0.2) is 20.4 Å². The van der Waals surface area contributed by atoms with Gasteiger partial charge in [0, 0.05) is 22.0 Å². The Labute approximate surface area is 148 Å². The number of nitrogens with one attached hydrogen (secondary N) is 1. The smallest absolute Gasteiger partial charge is 0.224 e. The minimum atomic E-state index is 0.166. The predicted octanol–water partition coefficient (Wildman–Crippen LogP) is 4.00. The molecular formula is C15H18ClN5S2. The van der Waals surface area contributed by atoms with Gasteiger partial charge in [-0.2, -0.15) is 4.98 Å². The number of aromatic nitrogens is 3. The van der Waals surface area contributed by atoms with E-state index in [1.54, 1.807) is 17.5 Å². The van der Waals surface area contributed by atoms with Crippen molar-refractivity contribution < 1.29 is 0 Å². The molecule has 122 valence electrons. The summed E-state index contributed by atoms with van der Waals surface area (Å²) in [7, 11) is 0. The molecule has 3 N–H and O–H groups in total. The molecule has 0 aliphatic rings. The van der Waals surface area contributed by atoms with Gasteiger partial charge in [0.1, 0.15) is 5.82 Å². The summed E-state index contributed by atoms with van der Waals surface area (Å²) in [5.41, 5.74) is 8.18. The molecule has 23 heavy (non-hydrogen) atoms. The van der Waals surface area contributed by atoms with Gasteiger partial charge in [-0.25, -0.2) is 9.36 Å². The van der Waals surface area contributed by atoms with E-state index in [-0.39, 0.29) is 11.3 Å². The first-order chi connectivity index (χ1) is 11.1. The zero-order chi connectivity index (χ0) is 16.4. The fraction of sp³-hybridized carbons (Fsp3) is 0.400. The quantitative estimate of drug-likeness (QED) is 0.644. The second-order valence-corrected chi connectivity index (χ2v) is 7.73. The summed E-state index contributed by atoms with van der Waals surface area (Å²) in [6.45, 7) is 4.85. The maximum atomic E-state index is 6.11. The van der Waals surface area contributed by atoms with Gasteiger partial charge in [0.15, 0.2) is 0 Å². The fourth-order valence-electron chi connectivity index (χ4n) is 2.31. The van der Waals surface area contributed by atoms with Crippen LogP contribution in [0.1, 0.15) is 28.7 Å². The van der Waals surface area contributed by atoms with Crippen molar-refractivity contribution in [2.24, 2.45) is 5.73 Å². The third-order valence-corrected chi connectivity index (χ3v) is 5.95. The molecule has 3 rings (SSSR count). The number of anilines is 1. The highest BCUT2D eigenvalue weighted by Crippen LogP contribution is 2.35. The summed E-state index contributed by atoms with van der Waals surface area (Å²) in [6, 6.07) is 2.15. The van der Waals surface area contributed by atoms with Crippen LogP contribution in [0.4, 0.5) is 5.82 Å². The van der Waals surface area contributed by atoms with Gasteiger partial charge in [-0.3, -0.25) is 0 Å². The number of nitrogens with zero attached hydrogens (tertiary/aromatic N) is 3. The van der Waals surface area contributed by atoms with E-state index in [1.807, 2.05) is 6.07 Å². The standard InChI is InChI=1S/C15H18ClN5S2/c1-3-9(17)6-11-8(2)12-13(22-11)14(21-15(16)20-12)18-7-10-4-5-19-23-10/h4-5,9H,3,6-7,17H2,1-2H3,(H,18,20,21)/t9-/m0/s1. The number of aryl methyl sites for hydroxylation is 1. The molecule has 0 aliphatic heterocycles. The zero-order valence-electron chi connectivity index (χ0n) is 13.0. The molecule has 3 heterocycles. The molecule has 0 amide bonds. The first-order valence-corrected chi connectivity index (χ1v) is 9.39. The summed E-state index contributed by atoms with van der Waals surface area (Å²) in [6.07, 6.45) is 3.61. The van der Waals surface area contributed by atoms with Gasteiger partial charge < -0.3 is 11.1 Å². The highest BCUT2D eigenvalue weighted by atomic mass is 35.5. The van der Waals surface area contributed by atoms with Gasteiger partial charge in [0.05, 0.1) is 16.8 Å². The average Bonchev–Trinajstić information content (AvgIpc) is 3.15. The Morgan fingerprint density at radius 1 is 1.39 bits per heavy atom. The van der Waals surface area contributed by atoms with Crippen LogP contribution in [0.3, 0.4) is 0 Å². The van der Waals surface area contributed by atoms with Crippen LogP contribution in [0, 0.1) is 6.92 Å². The molecule has 0 aliphatic carbocycles. The largest absolute Gasteiger partial charge is 0.364 e. The first kappa shape index (κ1) is 16.6. The average molecular weight is 368 g/mol. The third kappa shape index (κ3) is 3.63. The molecule has 1 atom stereocenters. The van der Waals surface area contributed by atoms with E-state index >= 15 is 0 Å². The maximum Gasteiger partial charge on any atom is 0.224 e. The summed E-state index contributed by atoms with van der Waals surface area (Å²) in [5.74, 6) is 0.776. The van der Waals surface area contributed by atoms with Crippen LogP contribution < -0.4 is 11.1 Å². The Kier molecular flexibility index (Phi) is 5.11. The molecule has 0 saturated carbocycles. The number of halogens is 1. The fourth-order valence-corrected chi connectivity index (χ4v) is 4.30. The molecule has 0 fully saturated rings. The van der Waals surface area contributed by atoms with Crippen LogP contribution in [0.5, 0.6) is 0 Å². The van der Waals surface area contributed by atoms with Crippen molar-refractivity contribution in [3.05, 3.63) is 32.9 Å². The highest BCUT2D eigenvalue weighted by Gasteiger charge is 2.17. The van der Waals surface area contributed by atoms with Crippen molar-refractivity contribution in [3.8, 4) is 0 Å². The molecule has 0 spiro atoms. The lowest BCUT2D eigenvalue weighted by atomic mass is 10.1. The van der Waals surface area contributed by atoms with Gasteiger partial charge in [-0.05, 0) is 54.5 Å². The van der Waals surface area contributed by atoms with Crippen molar-refractivity contribution in [1.82, 2.24) is 14.3 Å². The number of nitrogens with two attached hydrogens (primary N) is 1. The van der Waals surface area contributed by atoms with Gasteiger partial charge >= 0.3 is 0 Å². The van der Waals surface area contributed by atoms with Gasteiger partial charge in [0.25, 0.3) is 0 Å². The zero-order valence-corrected chi connectivity index (χ0v) is 15.4. The van der Waals surface area contributed by atoms with E-state index in [4.69, 9.17) is 17.3 Å². The summed E-state index contributed by atoms with van der Waals surface area (Å²) in [4.78, 5) is 11.2. The van der Waals surface area contributed by atoms with Crippen LogP contribution in [-0.2, 0) is 13.0 Å². The monoisotopic (exact) mass is 367 g/mol. The molecule has 0 radical (unpaired) electrons. The van der Waals surface area contributed by atoms with Gasteiger partial charge in [-0.1, -0.05) is 6.92 Å². The Balaban J connectivity index is 1.95. The number of hydrogen-bond acceptors (Lipinski definition) is 7. The lowest BCUT2D eigenvalue weighted by Crippen LogP contribution is -2.21. The van der Waals surface area contributed by atoms with E-state index < -0.39 is 0 Å². The number of fused-ring (bicyclic) bond motifs is 1. The number of hydrogen-bond donors (Lipinski definition) is 2. The van der Waals surface area contributed by atoms with E-state index in [0.717, 1.165) is 39.3 Å². The Morgan fingerprint density at radius 3 is 2.91 bits per heavy atom. The van der Waals surface area contributed by atoms with Gasteiger partial charge in [-0.15, -0.1) is 11.3 Å². The maximum absolute atomic E-state index is 6.11. The van der Waals surface area contributed by atoms with Crippen LogP contribution in [0.25, 0.3) is 10.2 Å². The third-order valence-electron chi connectivity index (χ3n) is 3.73. The first-order valence-electron chi connectivity index (χ1n) is 7.43. The van der Waals surface area contributed by atoms with E-state index in [0.29, 0.717) is 6.54 Å². The molecule has 8 heteroatoms. The summed E-state index contributed by atoms with van der Waals surface area (Å²) in [5, 5.41) is 3.61. The Hall–Kier alpha value is -1.28. The highest BCUT2D eigenvalue weighted by molar-refractivity contribution is 7.19. The summed E-state index contributed by atoms with van der Waals surface area (Å²) < 4.78 is 5.14. The minimum Gasteiger partial charge on any atom is -0.364 e. The van der Waals surface area contributed by atoms with Crippen molar-refractivity contribution in [1.29, 1.82) is 0 Å². The summed E-state index contributed by atoms with van der Waals surface area (Å²) >= 11 is 9.28. The molecule has 0 aromatic carbocycles.